The summed E-state index contributed by atoms with van der Waals surface area (Å²) in [6, 6.07) is 8.27. The predicted molar refractivity (Wildman–Crippen MR) is 59.9 cm³/mol. The van der Waals surface area contributed by atoms with Crippen LogP contribution < -0.4 is 4.74 Å². The van der Waals surface area contributed by atoms with Gasteiger partial charge in [0.15, 0.2) is 0 Å². The van der Waals surface area contributed by atoms with Gasteiger partial charge >= 0.3 is 0 Å². The van der Waals surface area contributed by atoms with Crippen molar-refractivity contribution in [1.82, 2.24) is 4.90 Å². The Hall–Kier alpha value is -1.02. The molecule has 78 valence electrons. The van der Waals surface area contributed by atoms with Gasteiger partial charge in [0.1, 0.15) is 5.75 Å². The second-order valence-corrected chi connectivity index (χ2v) is 3.50. The van der Waals surface area contributed by atoms with Crippen LogP contribution in [0.25, 0.3) is 0 Å². The molecule has 2 nitrogen and oxygen atoms in total. The second kappa shape index (κ2) is 5.66. The standard InChI is InChI=1S/C12H19NO/c1-4-13(2)9-8-11-6-5-7-12(10-11)14-3/h5-7,10H,4,8-9H2,1-3H3. The lowest BCUT2D eigenvalue weighted by atomic mass is 10.1. The maximum atomic E-state index is 5.17. The van der Waals surface area contributed by atoms with Gasteiger partial charge in [0.25, 0.3) is 0 Å². The monoisotopic (exact) mass is 193 g/mol. The van der Waals surface area contributed by atoms with E-state index >= 15 is 0 Å². The first-order chi connectivity index (χ1) is 6.76. The molecule has 0 amide bonds. The summed E-state index contributed by atoms with van der Waals surface area (Å²) in [5.74, 6) is 0.946. The molecule has 1 aromatic carbocycles. The number of ether oxygens (including phenoxy) is 1. The summed E-state index contributed by atoms with van der Waals surface area (Å²) in [5, 5.41) is 0. The Morgan fingerprint density at radius 2 is 2.14 bits per heavy atom. The molecular formula is C12H19NO. The molecule has 0 unspecified atom stereocenters. The average Bonchev–Trinajstić information content (AvgIpc) is 2.26. The lowest BCUT2D eigenvalue weighted by molar-refractivity contribution is 0.357. The van der Waals surface area contributed by atoms with E-state index in [1.165, 1.54) is 5.56 Å². The number of hydrogen-bond acceptors (Lipinski definition) is 2. The van der Waals surface area contributed by atoms with Crippen LogP contribution in [0.4, 0.5) is 0 Å². The van der Waals surface area contributed by atoms with E-state index in [0.29, 0.717) is 0 Å². The molecule has 14 heavy (non-hydrogen) atoms. The zero-order valence-corrected chi connectivity index (χ0v) is 9.29. The molecule has 0 N–H and O–H groups in total. The summed E-state index contributed by atoms with van der Waals surface area (Å²) in [4.78, 5) is 2.31. The minimum absolute atomic E-state index is 0.946. The molecule has 0 aliphatic heterocycles. The summed E-state index contributed by atoms with van der Waals surface area (Å²) in [6.45, 7) is 4.37. The van der Waals surface area contributed by atoms with Crippen LogP contribution in [-0.4, -0.2) is 32.1 Å². The van der Waals surface area contributed by atoms with Crippen molar-refractivity contribution in [3.8, 4) is 5.75 Å². The van der Waals surface area contributed by atoms with E-state index in [-0.39, 0.29) is 0 Å². The fourth-order valence-corrected chi connectivity index (χ4v) is 1.31. The highest BCUT2D eigenvalue weighted by molar-refractivity contribution is 5.28. The summed E-state index contributed by atoms with van der Waals surface area (Å²) >= 11 is 0. The van der Waals surface area contributed by atoms with Crippen LogP contribution in [0, 0.1) is 0 Å². The number of methoxy groups -OCH3 is 1. The van der Waals surface area contributed by atoms with Crippen LogP contribution in [0.5, 0.6) is 5.75 Å². The third-order valence-electron chi connectivity index (χ3n) is 2.46. The van der Waals surface area contributed by atoms with Gasteiger partial charge in [-0.05, 0) is 37.7 Å². The number of rotatable bonds is 5. The fraction of sp³-hybridized carbons (Fsp3) is 0.500. The maximum Gasteiger partial charge on any atom is 0.119 e. The van der Waals surface area contributed by atoms with Crippen molar-refractivity contribution in [2.24, 2.45) is 0 Å². The average molecular weight is 193 g/mol. The van der Waals surface area contributed by atoms with Crippen LogP contribution >= 0.6 is 0 Å². The molecule has 0 spiro atoms. The Morgan fingerprint density at radius 1 is 1.36 bits per heavy atom. The van der Waals surface area contributed by atoms with Gasteiger partial charge < -0.3 is 9.64 Å². The minimum atomic E-state index is 0.946. The van der Waals surface area contributed by atoms with Gasteiger partial charge in [-0.25, -0.2) is 0 Å². The van der Waals surface area contributed by atoms with E-state index < -0.39 is 0 Å². The second-order valence-electron chi connectivity index (χ2n) is 3.50. The molecule has 1 aromatic rings. The molecule has 0 saturated carbocycles. The molecule has 0 bridgehead atoms. The zero-order valence-electron chi connectivity index (χ0n) is 9.29. The number of hydrogen-bond donors (Lipinski definition) is 0. The number of likely N-dealkylation sites (N-methyl/N-ethyl adjacent to an activating group) is 1. The molecule has 0 saturated heterocycles. The van der Waals surface area contributed by atoms with Crippen molar-refractivity contribution in [3.63, 3.8) is 0 Å². The van der Waals surface area contributed by atoms with Gasteiger partial charge in [0.2, 0.25) is 0 Å². The van der Waals surface area contributed by atoms with E-state index in [1.54, 1.807) is 7.11 Å². The molecule has 0 fully saturated rings. The van der Waals surface area contributed by atoms with Gasteiger partial charge in [0, 0.05) is 6.54 Å². The summed E-state index contributed by atoms with van der Waals surface area (Å²) in [7, 11) is 3.84. The van der Waals surface area contributed by atoms with Crippen molar-refractivity contribution < 1.29 is 4.74 Å². The van der Waals surface area contributed by atoms with Crippen LogP contribution in [0.1, 0.15) is 12.5 Å². The zero-order chi connectivity index (χ0) is 10.4. The maximum absolute atomic E-state index is 5.17. The number of nitrogens with zero attached hydrogens (tertiary/aromatic N) is 1. The first-order valence-electron chi connectivity index (χ1n) is 5.07. The Balaban J connectivity index is 2.50. The number of benzene rings is 1. The molecule has 0 heterocycles. The first kappa shape index (κ1) is 11.1. The normalized spacial score (nSPS) is 10.6. The molecule has 2 heteroatoms. The topological polar surface area (TPSA) is 12.5 Å². The van der Waals surface area contributed by atoms with Crippen LogP contribution in [0.2, 0.25) is 0 Å². The molecule has 1 rings (SSSR count). The molecule has 0 aliphatic rings. The minimum Gasteiger partial charge on any atom is -0.497 e. The van der Waals surface area contributed by atoms with Crippen molar-refractivity contribution in [2.45, 2.75) is 13.3 Å². The Morgan fingerprint density at radius 3 is 2.79 bits per heavy atom. The van der Waals surface area contributed by atoms with E-state index in [0.717, 1.165) is 25.3 Å². The lowest BCUT2D eigenvalue weighted by Gasteiger charge is -2.13. The lowest BCUT2D eigenvalue weighted by Crippen LogP contribution is -2.20. The van der Waals surface area contributed by atoms with Crippen LogP contribution in [-0.2, 0) is 6.42 Å². The molecule has 0 atom stereocenters. The predicted octanol–water partition coefficient (Wildman–Crippen LogP) is 2.19. The quantitative estimate of drug-likeness (QED) is 0.710. The Kier molecular flexibility index (Phi) is 4.47. The van der Waals surface area contributed by atoms with Crippen molar-refractivity contribution in [1.29, 1.82) is 0 Å². The largest absolute Gasteiger partial charge is 0.497 e. The fourth-order valence-electron chi connectivity index (χ4n) is 1.31. The smallest absolute Gasteiger partial charge is 0.119 e. The highest BCUT2D eigenvalue weighted by Gasteiger charge is 1.98. The van der Waals surface area contributed by atoms with E-state index in [2.05, 4.69) is 31.0 Å². The van der Waals surface area contributed by atoms with E-state index in [9.17, 15) is 0 Å². The molecule has 0 aliphatic carbocycles. The van der Waals surface area contributed by atoms with Gasteiger partial charge in [0.05, 0.1) is 7.11 Å². The molecule has 0 radical (unpaired) electrons. The first-order valence-corrected chi connectivity index (χ1v) is 5.07. The third kappa shape index (κ3) is 3.38. The van der Waals surface area contributed by atoms with E-state index in [4.69, 9.17) is 4.74 Å². The van der Waals surface area contributed by atoms with Crippen molar-refractivity contribution in [3.05, 3.63) is 29.8 Å². The summed E-state index contributed by atoms with van der Waals surface area (Å²) < 4.78 is 5.17. The van der Waals surface area contributed by atoms with Crippen LogP contribution in [0.3, 0.4) is 0 Å². The van der Waals surface area contributed by atoms with Crippen LogP contribution in [0.15, 0.2) is 24.3 Å². The van der Waals surface area contributed by atoms with Crippen molar-refractivity contribution >= 4 is 0 Å². The highest BCUT2D eigenvalue weighted by Crippen LogP contribution is 2.12. The van der Waals surface area contributed by atoms with Gasteiger partial charge in [-0.2, -0.15) is 0 Å². The Labute approximate surface area is 86.5 Å². The van der Waals surface area contributed by atoms with Gasteiger partial charge in [-0.15, -0.1) is 0 Å². The Bertz CT molecular complexity index is 273. The highest BCUT2D eigenvalue weighted by atomic mass is 16.5. The van der Waals surface area contributed by atoms with Crippen molar-refractivity contribution in [2.75, 3.05) is 27.2 Å². The van der Waals surface area contributed by atoms with E-state index in [1.807, 2.05) is 12.1 Å². The van der Waals surface area contributed by atoms with Gasteiger partial charge in [-0.1, -0.05) is 19.1 Å². The van der Waals surface area contributed by atoms with Gasteiger partial charge in [-0.3, -0.25) is 0 Å². The summed E-state index contributed by atoms with van der Waals surface area (Å²) in [5.41, 5.74) is 1.34. The molecular weight excluding hydrogens is 174 g/mol. The SMILES string of the molecule is CCN(C)CCc1cccc(OC)c1. The summed E-state index contributed by atoms with van der Waals surface area (Å²) in [6.07, 6.45) is 1.08. The molecule has 0 aromatic heterocycles. The third-order valence-corrected chi connectivity index (χ3v) is 2.46.